The van der Waals surface area contributed by atoms with Gasteiger partial charge in [0.15, 0.2) is 0 Å². The molecule has 0 aliphatic rings. The average Bonchev–Trinajstić information content (AvgIpc) is 2.25. The lowest BCUT2D eigenvalue weighted by atomic mass is 10.1. The molecule has 0 fully saturated rings. The summed E-state index contributed by atoms with van der Waals surface area (Å²) >= 11 is 0. The molecule has 0 aromatic carbocycles. The van der Waals surface area contributed by atoms with Crippen LogP contribution in [0, 0.1) is 0 Å². The maximum absolute atomic E-state index is 2.31. The molecule has 0 aliphatic carbocycles. The van der Waals surface area contributed by atoms with Crippen LogP contribution in [0.15, 0.2) is 46.6 Å². The lowest BCUT2D eigenvalue weighted by Gasteiger charge is -1.99. The van der Waals surface area contributed by atoms with E-state index >= 15 is 0 Å². The molecule has 0 N–H and O–H groups in total. The molecular formula is C18H30. The van der Waals surface area contributed by atoms with E-state index in [1.54, 1.807) is 0 Å². The van der Waals surface area contributed by atoms with Crippen molar-refractivity contribution >= 4 is 0 Å². The van der Waals surface area contributed by atoms with Gasteiger partial charge in [0, 0.05) is 0 Å². The lowest BCUT2D eigenvalue weighted by molar-refractivity contribution is 0.955. The summed E-state index contributed by atoms with van der Waals surface area (Å²) in [6, 6.07) is 0. The molecule has 0 spiro atoms. The van der Waals surface area contributed by atoms with Crippen LogP contribution in [-0.4, -0.2) is 0 Å². The molecule has 0 rings (SSSR count). The van der Waals surface area contributed by atoms with Crippen molar-refractivity contribution in [3.63, 3.8) is 0 Å². The van der Waals surface area contributed by atoms with Gasteiger partial charge < -0.3 is 0 Å². The maximum atomic E-state index is 2.31. The van der Waals surface area contributed by atoms with Crippen LogP contribution in [-0.2, 0) is 0 Å². The highest BCUT2D eigenvalue weighted by Gasteiger charge is 1.90. The van der Waals surface area contributed by atoms with Gasteiger partial charge in [-0.2, -0.15) is 0 Å². The third kappa shape index (κ3) is 11.4. The van der Waals surface area contributed by atoms with Crippen molar-refractivity contribution < 1.29 is 0 Å². The molecule has 0 aromatic rings. The van der Waals surface area contributed by atoms with Gasteiger partial charge in [0.25, 0.3) is 0 Å². The standard InChI is InChI=1S/C18H30/c1-15(2)9-7-11-17(5)13-14-18(6)12-8-10-16(3)4/h9-10,13-14H,7-8,11-12H2,1-6H3/b17-13-,18-14-. The molecule has 0 atom stereocenters. The molecular weight excluding hydrogens is 216 g/mol. The third-order valence-electron chi connectivity index (χ3n) is 2.83. The van der Waals surface area contributed by atoms with Crippen molar-refractivity contribution in [2.24, 2.45) is 0 Å². The van der Waals surface area contributed by atoms with E-state index in [2.05, 4.69) is 65.8 Å². The third-order valence-corrected chi connectivity index (χ3v) is 2.83. The van der Waals surface area contributed by atoms with Crippen LogP contribution in [0.4, 0.5) is 0 Å². The second-order valence-electron chi connectivity index (χ2n) is 5.67. The Hall–Kier alpha value is -1.04. The Kier molecular flexibility index (Phi) is 9.36. The molecule has 0 aliphatic heterocycles. The van der Waals surface area contributed by atoms with Gasteiger partial charge in [-0.3, -0.25) is 0 Å². The monoisotopic (exact) mass is 246 g/mol. The highest BCUT2D eigenvalue weighted by molar-refractivity contribution is 5.16. The first kappa shape index (κ1) is 17.0. The first-order valence-corrected chi connectivity index (χ1v) is 7.01. The molecule has 0 nitrogen and oxygen atoms in total. The molecule has 0 amide bonds. The second-order valence-corrected chi connectivity index (χ2v) is 5.67. The summed E-state index contributed by atoms with van der Waals surface area (Å²) in [4.78, 5) is 0. The zero-order valence-electron chi connectivity index (χ0n) is 13.1. The van der Waals surface area contributed by atoms with Crippen molar-refractivity contribution in [1.29, 1.82) is 0 Å². The minimum Gasteiger partial charge on any atom is -0.0856 e. The van der Waals surface area contributed by atoms with Crippen molar-refractivity contribution in [3.05, 3.63) is 46.6 Å². The SMILES string of the molecule is CC(C)=CCC/C(C)=C\C=C(\C)CCC=C(C)C. The van der Waals surface area contributed by atoms with E-state index in [0.717, 1.165) is 12.8 Å². The van der Waals surface area contributed by atoms with E-state index in [1.165, 1.54) is 35.1 Å². The largest absolute Gasteiger partial charge is 0.0856 e. The van der Waals surface area contributed by atoms with E-state index in [9.17, 15) is 0 Å². The van der Waals surface area contributed by atoms with Crippen molar-refractivity contribution in [3.8, 4) is 0 Å². The summed E-state index contributed by atoms with van der Waals surface area (Å²) in [5.41, 5.74) is 5.76. The number of hydrogen-bond donors (Lipinski definition) is 0. The minimum absolute atomic E-state index is 1.16. The molecule has 0 unspecified atom stereocenters. The molecule has 0 heteroatoms. The summed E-state index contributed by atoms with van der Waals surface area (Å²) < 4.78 is 0. The van der Waals surface area contributed by atoms with E-state index in [-0.39, 0.29) is 0 Å². The zero-order chi connectivity index (χ0) is 14.0. The van der Waals surface area contributed by atoms with Gasteiger partial charge in [0.05, 0.1) is 0 Å². The molecule has 0 heterocycles. The van der Waals surface area contributed by atoms with Gasteiger partial charge in [-0.25, -0.2) is 0 Å². The predicted octanol–water partition coefficient (Wildman–Crippen LogP) is 6.37. The normalized spacial score (nSPS) is 12.3. The van der Waals surface area contributed by atoms with Crippen LogP contribution >= 0.6 is 0 Å². The van der Waals surface area contributed by atoms with Gasteiger partial charge >= 0.3 is 0 Å². The van der Waals surface area contributed by atoms with E-state index in [0.29, 0.717) is 0 Å². The van der Waals surface area contributed by atoms with Crippen molar-refractivity contribution in [2.45, 2.75) is 67.2 Å². The Morgan fingerprint density at radius 1 is 0.611 bits per heavy atom. The second kappa shape index (κ2) is 9.94. The van der Waals surface area contributed by atoms with Crippen LogP contribution in [0.1, 0.15) is 67.2 Å². The molecule has 0 bridgehead atoms. The summed E-state index contributed by atoms with van der Waals surface area (Å²) in [6.07, 6.45) is 13.8. The van der Waals surface area contributed by atoms with Crippen LogP contribution < -0.4 is 0 Å². The summed E-state index contributed by atoms with van der Waals surface area (Å²) in [5, 5.41) is 0. The Balaban J connectivity index is 4.08. The molecule has 0 radical (unpaired) electrons. The Labute approximate surface area is 114 Å². The van der Waals surface area contributed by atoms with Gasteiger partial charge in [0.2, 0.25) is 0 Å². The fraction of sp³-hybridized carbons (Fsp3) is 0.556. The Bertz CT molecular complexity index is 304. The average molecular weight is 246 g/mol. The van der Waals surface area contributed by atoms with Crippen LogP contribution in [0.5, 0.6) is 0 Å². The highest BCUT2D eigenvalue weighted by atomic mass is 14.0. The van der Waals surface area contributed by atoms with Gasteiger partial charge in [-0.05, 0) is 67.2 Å². The van der Waals surface area contributed by atoms with Gasteiger partial charge in [-0.1, -0.05) is 46.6 Å². The van der Waals surface area contributed by atoms with E-state index < -0.39 is 0 Å². The van der Waals surface area contributed by atoms with Crippen LogP contribution in [0.2, 0.25) is 0 Å². The molecule has 102 valence electrons. The topological polar surface area (TPSA) is 0 Å². The Morgan fingerprint density at radius 3 is 1.22 bits per heavy atom. The fourth-order valence-electron chi connectivity index (χ4n) is 1.63. The quantitative estimate of drug-likeness (QED) is 0.361. The lowest BCUT2D eigenvalue weighted by Crippen LogP contribution is -1.79. The zero-order valence-corrected chi connectivity index (χ0v) is 13.1. The van der Waals surface area contributed by atoms with E-state index in [1.807, 2.05) is 0 Å². The van der Waals surface area contributed by atoms with E-state index in [4.69, 9.17) is 0 Å². The smallest absolute Gasteiger partial charge is 0.0285 e. The van der Waals surface area contributed by atoms with Gasteiger partial charge in [0.1, 0.15) is 0 Å². The highest BCUT2D eigenvalue weighted by Crippen LogP contribution is 2.10. The maximum Gasteiger partial charge on any atom is -0.0285 e. The summed E-state index contributed by atoms with van der Waals surface area (Å²) in [6.45, 7) is 13.1. The van der Waals surface area contributed by atoms with Crippen LogP contribution in [0.25, 0.3) is 0 Å². The van der Waals surface area contributed by atoms with Gasteiger partial charge in [-0.15, -0.1) is 0 Å². The predicted molar refractivity (Wildman–Crippen MR) is 84.8 cm³/mol. The van der Waals surface area contributed by atoms with Crippen molar-refractivity contribution in [1.82, 2.24) is 0 Å². The summed E-state index contributed by atoms with van der Waals surface area (Å²) in [7, 11) is 0. The first-order chi connectivity index (χ1) is 8.41. The minimum atomic E-state index is 1.16. The molecule has 0 saturated carbocycles. The van der Waals surface area contributed by atoms with Crippen LogP contribution in [0.3, 0.4) is 0 Å². The fourth-order valence-corrected chi connectivity index (χ4v) is 1.63. The Morgan fingerprint density at radius 2 is 0.944 bits per heavy atom. The molecule has 0 aromatic heterocycles. The molecule has 18 heavy (non-hydrogen) atoms. The first-order valence-electron chi connectivity index (χ1n) is 7.01. The number of allylic oxidation sites excluding steroid dienone is 8. The molecule has 0 saturated heterocycles. The number of rotatable bonds is 7. The number of hydrogen-bond acceptors (Lipinski definition) is 0. The van der Waals surface area contributed by atoms with Crippen molar-refractivity contribution in [2.75, 3.05) is 0 Å². The summed E-state index contributed by atoms with van der Waals surface area (Å²) in [5.74, 6) is 0.